The average Bonchev–Trinajstić information content (AvgIpc) is 3.25. The van der Waals surface area contributed by atoms with Gasteiger partial charge in [0.15, 0.2) is 5.16 Å². The normalized spacial score (nSPS) is 10.8. The number of nitrogens with zero attached hydrogens (tertiary/aromatic N) is 2. The van der Waals surface area contributed by atoms with Crippen LogP contribution in [0.4, 0.5) is 5.00 Å². The van der Waals surface area contributed by atoms with Crippen molar-refractivity contribution in [2.75, 3.05) is 24.3 Å². The van der Waals surface area contributed by atoms with Crippen LogP contribution >= 0.6 is 23.1 Å². The van der Waals surface area contributed by atoms with E-state index in [1.54, 1.807) is 39.0 Å². The van der Waals surface area contributed by atoms with E-state index in [9.17, 15) is 19.2 Å². The number of esters is 2. The molecule has 0 fully saturated rings. The molecule has 0 aliphatic heterocycles. The van der Waals surface area contributed by atoms with Gasteiger partial charge in [0.25, 0.3) is 5.56 Å². The maximum atomic E-state index is 13.3. The number of nitrogens with one attached hydrogen (secondary N) is 1. The second-order valence-electron chi connectivity index (χ2n) is 8.24. The van der Waals surface area contributed by atoms with E-state index in [0.717, 1.165) is 11.3 Å². The number of para-hydroxylation sites is 2. The zero-order valence-corrected chi connectivity index (χ0v) is 23.3. The van der Waals surface area contributed by atoms with Crippen LogP contribution in [-0.2, 0) is 14.3 Å². The Morgan fingerprint density at radius 2 is 1.64 bits per heavy atom. The molecule has 11 heteroatoms. The molecule has 4 aromatic rings. The highest BCUT2D eigenvalue weighted by Crippen LogP contribution is 2.34. The lowest BCUT2D eigenvalue weighted by atomic mass is 10.1. The molecule has 0 radical (unpaired) electrons. The number of thioether (sulfide) groups is 1. The Kier molecular flexibility index (Phi) is 9.15. The van der Waals surface area contributed by atoms with E-state index >= 15 is 0 Å². The third kappa shape index (κ3) is 6.21. The van der Waals surface area contributed by atoms with Crippen molar-refractivity contribution in [3.05, 3.63) is 81.0 Å². The molecule has 9 nitrogen and oxygen atoms in total. The molecule has 1 N–H and O–H groups in total. The summed E-state index contributed by atoms with van der Waals surface area (Å²) in [6.07, 6.45) is 0.0656. The Bertz CT molecular complexity index is 1580. The summed E-state index contributed by atoms with van der Waals surface area (Å²) in [6.45, 7) is 5.32. The van der Waals surface area contributed by atoms with E-state index in [1.807, 2.05) is 36.4 Å². The zero-order valence-electron chi connectivity index (χ0n) is 21.7. The fourth-order valence-electron chi connectivity index (χ4n) is 3.88. The van der Waals surface area contributed by atoms with E-state index < -0.39 is 11.9 Å². The van der Waals surface area contributed by atoms with Gasteiger partial charge in [-0.15, -0.1) is 11.3 Å². The molecular formula is C28H27N3O6S2. The molecule has 2 heterocycles. The average molecular weight is 566 g/mol. The quantitative estimate of drug-likeness (QED) is 0.158. The molecule has 0 aliphatic rings. The number of carbonyl (C=O) groups excluding carboxylic acids is 3. The minimum absolute atomic E-state index is 0.0656. The summed E-state index contributed by atoms with van der Waals surface area (Å²) < 4.78 is 11.8. The minimum atomic E-state index is -0.626. The first-order valence-electron chi connectivity index (χ1n) is 12.3. The van der Waals surface area contributed by atoms with Crippen LogP contribution in [-0.4, -0.2) is 46.4 Å². The Morgan fingerprint density at radius 1 is 0.974 bits per heavy atom. The minimum Gasteiger partial charge on any atom is -0.462 e. The Hall–Kier alpha value is -3.96. The summed E-state index contributed by atoms with van der Waals surface area (Å²) in [7, 11) is 0. The lowest BCUT2D eigenvalue weighted by molar-refractivity contribution is -0.115. The predicted molar refractivity (Wildman–Crippen MR) is 152 cm³/mol. The van der Waals surface area contributed by atoms with Crippen LogP contribution in [0.5, 0.6) is 0 Å². The fraction of sp³-hybridized carbons (Fsp3) is 0.250. The number of benzene rings is 2. The van der Waals surface area contributed by atoms with Crippen LogP contribution in [0.25, 0.3) is 16.6 Å². The number of hydrogen-bond donors (Lipinski definition) is 1. The molecule has 2 aromatic heterocycles. The zero-order chi connectivity index (χ0) is 27.9. The monoisotopic (exact) mass is 565 g/mol. The van der Waals surface area contributed by atoms with Gasteiger partial charge in [-0.05, 0) is 50.6 Å². The number of amides is 1. The summed E-state index contributed by atoms with van der Waals surface area (Å²) in [5.74, 6) is -1.24. The highest BCUT2D eigenvalue weighted by molar-refractivity contribution is 7.99. The van der Waals surface area contributed by atoms with E-state index in [1.165, 1.54) is 16.3 Å². The number of anilines is 1. The summed E-state index contributed by atoms with van der Waals surface area (Å²) in [6, 6.07) is 16.3. The number of hydrogen-bond acceptors (Lipinski definition) is 9. The van der Waals surface area contributed by atoms with Crippen LogP contribution in [0, 0.1) is 6.92 Å². The maximum absolute atomic E-state index is 13.3. The molecule has 1 amide bonds. The topological polar surface area (TPSA) is 117 Å². The number of aromatic nitrogens is 2. The van der Waals surface area contributed by atoms with Crippen molar-refractivity contribution in [2.24, 2.45) is 0 Å². The van der Waals surface area contributed by atoms with Gasteiger partial charge >= 0.3 is 11.9 Å². The molecule has 0 aliphatic carbocycles. The van der Waals surface area contributed by atoms with Gasteiger partial charge in [0, 0.05) is 12.2 Å². The lowest BCUT2D eigenvalue weighted by Crippen LogP contribution is -2.22. The summed E-state index contributed by atoms with van der Waals surface area (Å²) in [5.41, 5.74) is 1.58. The molecule has 2 aromatic carbocycles. The molecule has 39 heavy (non-hydrogen) atoms. The van der Waals surface area contributed by atoms with Gasteiger partial charge in [-0.25, -0.2) is 14.6 Å². The van der Waals surface area contributed by atoms with Crippen LogP contribution in [0.3, 0.4) is 0 Å². The van der Waals surface area contributed by atoms with Crippen molar-refractivity contribution in [3.8, 4) is 5.69 Å². The van der Waals surface area contributed by atoms with Gasteiger partial charge in [0.05, 0.1) is 35.4 Å². The van der Waals surface area contributed by atoms with Gasteiger partial charge in [0.2, 0.25) is 5.91 Å². The van der Waals surface area contributed by atoms with Crippen molar-refractivity contribution in [2.45, 2.75) is 32.3 Å². The van der Waals surface area contributed by atoms with Gasteiger partial charge in [0.1, 0.15) is 9.88 Å². The Balaban J connectivity index is 1.55. The highest BCUT2D eigenvalue weighted by atomic mass is 32.2. The highest BCUT2D eigenvalue weighted by Gasteiger charge is 2.27. The standard InChI is InChI=1S/C28H27N3O6S2/c1-4-36-26(34)22-17(3)23(27(35)37-5-2)39-24(22)30-21(32)15-16-38-28-29-20-14-10-9-13-19(20)25(33)31(28)18-11-7-6-8-12-18/h6-14H,4-5,15-16H2,1-3H3,(H,30,32). The van der Waals surface area contributed by atoms with Crippen LogP contribution in [0.2, 0.25) is 0 Å². The van der Waals surface area contributed by atoms with E-state index in [-0.39, 0.29) is 46.5 Å². The Labute approximate surface area is 233 Å². The molecule has 0 spiro atoms. The van der Waals surface area contributed by atoms with Crippen LogP contribution in [0.1, 0.15) is 45.9 Å². The third-order valence-corrected chi connectivity index (χ3v) is 7.79. The van der Waals surface area contributed by atoms with Crippen molar-refractivity contribution in [1.82, 2.24) is 9.55 Å². The maximum Gasteiger partial charge on any atom is 0.348 e. The Morgan fingerprint density at radius 3 is 2.36 bits per heavy atom. The molecule has 0 bridgehead atoms. The van der Waals surface area contributed by atoms with Crippen LogP contribution < -0.4 is 10.9 Å². The second kappa shape index (κ2) is 12.7. The third-order valence-electron chi connectivity index (χ3n) is 5.66. The number of thiophene rings is 1. The molecule has 0 saturated heterocycles. The molecule has 0 saturated carbocycles. The van der Waals surface area contributed by atoms with Crippen molar-refractivity contribution in [1.29, 1.82) is 0 Å². The molecular weight excluding hydrogens is 538 g/mol. The number of ether oxygens (including phenoxy) is 2. The van der Waals surface area contributed by atoms with Crippen molar-refractivity contribution >= 4 is 56.8 Å². The number of carbonyl (C=O) groups is 3. The predicted octanol–water partition coefficient (Wildman–Crippen LogP) is 5.23. The van der Waals surface area contributed by atoms with Gasteiger partial charge in [-0.2, -0.15) is 0 Å². The SMILES string of the molecule is CCOC(=O)c1sc(NC(=O)CCSc2nc3ccccc3c(=O)n2-c2ccccc2)c(C(=O)OCC)c1C. The summed E-state index contributed by atoms with van der Waals surface area (Å²) in [4.78, 5) is 56.1. The molecule has 202 valence electrons. The number of rotatable bonds is 10. The molecule has 0 atom stereocenters. The van der Waals surface area contributed by atoms with E-state index in [2.05, 4.69) is 10.3 Å². The first-order valence-corrected chi connectivity index (χ1v) is 14.1. The summed E-state index contributed by atoms with van der Waals surface area (Å²) >= 11 is 2.25. The van der Waals surface area contributed by atoms with Gasteiger partial charge < -0.3 is 14.8 Å². The molecule has 4 rings (SSSR count). The first kappa shape index (κ1) is 28.1. The second-order valence-corrected chi connectivity index (χ2v) is 10.3. The lowest BCUT2D eigenvalue weighted by Gasteiger charge is -2.13. The van der Waals surface area contributed by atoms with Crippen molar-refractivity contribution < 1.29 is 23.9 Å². The summed E-state index contributed by atoms with van der Waals surface area (Å²) in [5, 5.41) is 3.94. The van der Waals surface area contributed by atoms with Crippen molar-refractivity contribution in [3.63, 3.8) is 0 Å². The van der Waals surface area contributed by atoms with E-state index in [4.69, 9.17) is 9.47 Å². The smallest absolute Gasteiger partial charge is 0.348 e. The largest absolute Gasteiger partial charge is 0.462 e. The van der Waals surface area contributed by atoms with Crippen LogP contribution in [0.15, 0.2) is 64.5 Å². The fourth-order valence-corrected chi connectivity index (χ4v) is 5.94. The van der Waals surface area contributed by atoms with E-state index in [0.29, 0.717) is 33.1 Å². The first-order chi connectivity index (χ1) is 18.8. The number of fused-ring (bicyclic) bond motifs is 1. The molecule has 0 unspecified atom stereocenters. The van der Waals surface area contributed by atoms with Gasteiger partial charge in [-0.3, -0.25) is 14.2 Å². The van der Waals surface area contributed by atoms with Gasteiger partial charge in [-0.1, -0.05) is 42.1 Å².